The van der Waals surface area contributed by atoms with Crippen LogP contribution in [-0.2, 0) is 6.42 Å². The van der Waals surface area contributed by atoms with Crippen LogP contribution in [0, 0.1) is 5.41 Å². The molecule has 1 heterocycles. The van der Waals surface area contributed by atoms with E-state index in [0.29, 0.717) is 5.69 Å². The molecular weight excluding hydrogens is 216 g/mol. The summed E-state index contributed by atoms with van der Waals surface area (Å²) >= 11 is 0. The largest absolute Gasteiger partial charge is 0.465 e. The van der Waals surface area contributed by atoms with E-state index >= 15 is 0 Å². The van der Waals surface area contributed by atoms with E-state index < -0.39 is 6.09 Å². The summed E-state index contributed by atoms with van der Waals surface area (Å²) in [4.78, 5) is 12.9. The third-order valence-electron chi connectivity index (χ3n) is 3.30. The van der Waals surface area contributed by atoms with Gasteiger partial charge in [-0.15, -0.1) is 0 Å². The van der Waals surface area contributed by atoms with Gasteiger partial charge in [0, 0.05) is 11.7 Å². The molecule has 1 aliphatic heterocycles. The van der Waals surface area contributed by atoms with Gasteiger partial charge in [-0.05, 0) is 29.5 Å². The Morgan fingerprint density at radius 3 is 2.65 bits per heavy atom. The summed E-state index contributed by atoms with van der Waals surface area (Å²) in [6, 6.07) is 5.46. The molecule has 0 bridgehead atoms. The number of nitrogen functional groups attached to an aromatic ring is 1. The molecule has 92 valence electrons. The fourth-order valence-corrected chi connectivity index (χ4v) is 2.38. The third kappa shape index (κ3) is 1.95. The van der Waals surface area contributed by atoms with Crippen LogP contribution < -0.4 is 10.6 Å². The minimum Gasteiger partial charge on any atom is -0.465 e. The first-order valence-corrected chi connectivity index (χ1v) is 5.71. The van der Waals surface area contributed by atoms with Crippen molar-refractivity contribution in [1.29, 1.82) is 0 Å². The van der Waals surface area contributed by atoms with E-state index in [-0.39, 0.29) is 11.5 Å². The summed E-state index contributed by atoms with van der Waals surface area (Å²) in [5.74, 6) is 0. The number of hydrogen-bond acceptors (Lipinski definition) is 2. The molecule has 17 heavy (non-hydrogen) atoms. The van der Waals surface area contributed by atoms with Crippen LogP contribution in [0.4, 0.5) is 16.2 Å². The molecule has 1 aliphatic rings. The van der Waals surface area contributed by atoms with Crippen LogP contribution in [0.2, 0.25) is 0 Å². The molecule has 1 atom stereocenters. The Morgan fingerprint density at radius 2 is 2.12 bits per heavy atom. The van der Waals surface area contributed by atoms with Gasteiger partial charge in [0.15, 0.2) is 0 Å². The van der Waals surface area contributed by atoms with Crippen molar-refractivity contribution in [3.63, 3.8) is 0 Å². The minimum atomic E-state index is -0.908. The normalized spacial score (nSPS) is 19.2. The quantitative estimate of drug-likeness (QED) is 0.678. The molecule has 1 unspecified atom stereocenters. The first-order valence-electron chi connectivity index (χ1n) is 5.71. The number of anilines is 2. The average Bonchev–Trinajstić information content (AvgIpc) is 2.55. The second-order valence-corrected chi connectivity index (χ2v) is 5.63. The van der Waals surface area contributed by atoms with Crippen molar-refractivity contribution in [2.75, 3.05) is 10.6 Å². The standard InChI is InChI=1S/C13H18N2O2/c1-13(2,3)11-6-8-4-5-9(14)7-10(8)15(11)12(16)17/h4-5,7,11H,6,14H2,1-3H3,(H,16,17). The van der Waals surface area contributed by atoms with Gasteiger partial charge in [-0.25, -0.2) is 4.79 Å². The van der Waals surface area contributed by atoms with Crippen LogP contribution in [0.5, 0.6) is 0 Å². The van der Waals surface area contributed by atoms with Gasteiger partial charge < -0.3 is 10.8 Å². The van der Waals surface area contributed by atoms with E-state index in [1.165, 1.54) is 4.90 Å². The molecular formula is C13H18N2O2. The number of nitrogens with two attached hydrogens (primary N) is 1. The van der Waals surface area contributed by atoms with E-state index in [4.69, 9.17) is 5.73 Å². The predicted molar refractivity (Wildman–Crippen MR) is 68.3 cm³/mol. The Hall–Kier alpha value is -1.71. The summed E-state index contributed by atoms with van der Waals surface area (Å²) in [6.07, 6.45) is -0.153. The second kappa shape index (κ2) is 3.65. The first kappa shape index (κ1) is 11.8. The van der Waals surface area contributed by atoms with Crippen molar-refractivity contribution < 1.29 is 9.90 Å². The SMILES string of the molecule is CC(C)(C)C1Cc2ccc(N)cc2N1C(=O)O. The fourth-order valence-electron chi connectivity index (χ4n) is 2.38. The number of fused-ring (bicyclic) bond motifs is 1. The molecule has 0 fully saturated rings. The Bertz CT molecular complexity index is 463. The highest BCUT2D eigenvalue weighted by Gasteiger charge is 2.40. The molecule has 0 aliphatic carbocycles. The lowest BCUT2D eigenvalue weighted by Gasteiger charge is -2.33. The summed E-state index contributed by atoms with van der Waals surface area (Å²) < 4.78 is 0. The summed E-state index contributed by atoms with van der Waals surface area (Å²) in [7, 11) is 0. The molecule has 0 radical (unpaired) electrons. The Balaban J connectivity index is 2.49. The molecule has 0 spiro atoms. The molecule has 4 heteroatoms. The lowest BCUT2D eigenvalue weighted by atomic mass is 9.84. The van der Waals surface area contributed by atoms with E-state index in [1.54, 1.807) is 6.07 Å². The maximum atomic E-state index is 11.4. The van der Waals surface area contributed by atoms with Gasteiger partial charge in [0.2, 0.25) is 0 Å². The Morgan fingerprint density at radius 1 is 1.47 bits per heavy atom. The molecule has 1 amide bonds. The third-order valence-corrected chi connectivity index (χ3v) is 3.30. The smallest absolute Gasteiger partial charge is 0.412 e. The van der Waals surface area contributed by atoms with Gasteiger partial charge >= 0.3 is 6.09 Å². The number of rotatable bonds is 0. The summed E-state index contributed by atoms with van der Waals surface area (Å²) in [6.45, 7) is 6.18. The van der Waals surface area contributed by atoms with Crippen molar-refractivity contribution >= 4 is 17.5 Å². The van der Waals surface area contributed by atoms with E-state index in [1.807, 2.05) is 12.1 Å². The molecule has 1 aromatic rings. The van der Waals surface area contributed by atoms with E-state index in [2.05, 4.69) is 20.8 Å². The molecule has 0 aromatic heterocycles. The lowest BCUT2D eigenvalue weighted by Crippen LogP contribution is -2.44. The van der Waals surface area contributed by atoms with Crippen molar-refractivity contribution in [2.24, 2.45) is 5.41 Å². The lowest BCUT2D eigenvalue weighted by molar-refractivity contribution is 0.191. The predicted octanol–water partition coefficient (Wildman–Crippen LogP) is 2.72. The molecule has 2 rings (SSSR count). The highest BCUT2D eigenvalue weighted by molar-refractivity contribution is 5.91. The van der Waals surface area contributed by atoms with Gasteiger partial charge in [0.05, 0.1) is 5.69 Å². The second-order valence-electron chi connectivity index (χ2n) is 5.63. The van der Waals surface area contributed by atoms with Crippen LogP contribution in [0.15, 0.2) is 18.2 Å². The zero-order valence-electron chi connectivity index (χ0n) is 10.4. The van der Waals surface area contributed by atoms with Crippen molar-refractivity contribution in [3.8, 4) is 0 Å². The van der Waals surface area contributed by atoms with Crippen LogP contribution in [0.25, 0.3) is 0 Å². The molecule has 3 N–H and O–H groups in total. The Labute approximate surface area is 101 Å². The number of hydrogen-bond donors (Lipinski definition) is 2. The number of amides is 1. The van der Waals surface area contributed by atoms with Gasteiger partial charge in [-0.3, -0.25) is 4.90 Å². The van der Waals surface area contributed by atoms with Gasteiger partial charge in [-0.2, -0.15) is 0 Å². The molecule has 4 nitrogen and oxygen atoms in total. The zero-order valence-corrected chi connectivity index (χ0v) is 10.4. The van der Waals surface area contributed by atoms with E-state index in [9.17, 15) is 9.90 Å². The van der Waals surface area contributed by atoms with Crippen LogP contribution in [0.3, 0.4) is 0 Å². The number of nitrogens with zero attached hydrogens (tertiary/aromatic N) is 1. The van der Waals surface area contributed by atoms with Gasteiger partial charge in [-0.1, -0.05) is 26.8 Å². The highest BCUT2D eigenvalue weighted by Crippen LogP contribution is 2.40. The Kier molecular flexibility index (Phi) is 2.53. The van der Waals surface area contributed by atoms with E-state index in [0.717, 1.165) is 17.7 Å². The minimum absolute atomic E-state index is 0.0307. The van der Waals surface area contributed by atoms with Crippen molar-refractivity contribution in [3.05, 3.63) is 23.8 Å². The van der Waals surface area contributed by atoms with Crippen molar-refractivity contribution in [2.45, 2.75) is 33.2 Å². The summed E-state index contributed by atoms with van der Waals surface area (Å²) in [5, 5.41) is 9.37. The van der Waals surface area contributed by atoms with Crippen LogP contribution in [0.1, 0.15) is 26.3 Å². The number of carboxylic acid groups (broad SMARTS) is 1. The first-order chi connectivity index (χ1) is 7.80. The number of benzene rings is 1. The molecule has 0 saturated heterocycles. The maximum Gasteiger partial charge on any atom is 0.412 e. The topological polar surface area (TPSA) is 66.6 Å². The molecule has 1 aromatic carbocycles. The number of carbonyl (C=O) groups is 1. The average molecular weight is 234 g/mol. The van der Waals surface area contributed by atoms with Gasteiger partial charge in [0.1, 0.15) is 0 Å². The summed E-state index contributed by atoms with van der Waals surface area (Å²) in [5.41, 5.74) is 8.03. The zero-order chi connectivity index (χ0) is 12.8. The molecule has 0 saturated carbocycles. The van der Waals surface area contributed by atoms with Crippen LogP contribution >= 0.6 is 0 Å². The monoisotopic (exact) mass is 234 g/mol. The van der Waals surface area contributed by atoms with Gasteiger partial charge in [0.25, 0.3) is 0 Å². The fraction of sp³-hybridized carbons (Fsp3) is 0.462. The van der Waals surface area contributed by atoms with Crippen molar-refractivity contribution in [1.82, 2.24) is 0 Å². The maximum absolute atomic E-state index is 11.4. The van der Waals surface area contributed by atoms with Crippen LogP contribution in [-0.4, -0.2) is 17.2 Å². The highest BCUT2D eigenvalue weighted by atomic mass is 16.4.